The highest BCUT2D eigenvalue weighted by Gasteiger charge is 2.12. The molecule has 0 atom stereocenters. The Morgan fingerprint density at radius 2 is 1.96 bits per heavy atom. The van der Waals surface area contributed by atoms with Crippen molar-refractivity contribution in [3.63, 3.8) is 0 Å². The first-order valence-corrected chi connectivity index (χ1v) is 7.97. The lowest BCUT2D eigenvalue weighted by molar-refractivity contribution is 0.619. The molecule has 0 amide bonds. The van der Waals surface area contributed by atoms with Gasteiger partial charge in [-0.15, -0.1) is 0 Å². The average molecular weight is 354 g/mol. The van der Waals surface area contributed by atoms with E-state index in [0.717, 1.165) is 11.4 Å². The second kappa shape index (κ2) is 6.14. The molecule has 2 aromatic heterocycles. The van der Waals surface area contributed by atoms with Crippen molar-refractivity contribution in [2.75, 3.05) is 5.32 Å². The molecule has 7 heteroatoms. The summed E-state index contributed by atoms with van der Waals surface area (Å²) in [5, 5.41) is 3.80. The van der Waals surface area contributed by atoms with Crippen LogP contribution < -0.4 is 5.32 Å². The Balaban J connectivity index is 1.77. The normalized spacial score (nSPS) is 11.0. The lowest BCUT2D eigenvalue weighted by Crippen LogP contribution is -1.98. The van der Waals surface area contributed by atoms with Crippen molar-refractivity contribution in [2.24, 2.45) is 0 Å². The van der Waals surface area contributed by atoms with Crippen LogP contribution in [0.5, 0.6) is 0 Å². The number of nitrogens with one attached hydrogen (secondary N) is 1. The Kier molecular flexibility index (Phi) is 3.82. The van der Waals surface area contributed by atoms with Gasteiger partial charge in [-0.3, -0.25) is 4.57 Å². The molecule has 0 bridgehead atoms. The second-order valence-electron chi connectivity index (χ2n) is 5.58. The van der Waals surface area contributed by atoms with Crippen molar-refractivity contribution < 1.29 is 4.39 Å². The topological polar surface area (TPSA) is 55.6 Å². The maximum Gasteiger partial charge on any atom is 0.170 e. The first-order chi connectivity index (χ1) is 12.1. The lowest BCUT2D eigenvalue weighted by Gasteiger charge is -2.08. The minimum atomic E-state index is -0.247. The standard InChI is InChI=1S/C18H13ClFN5/c1-11-7-13(5-6-15(11)20)24-17-16-18(22-9-21-17)25(10-23-16)14-4-2-3-12(19)8-14/h2-10H,1H3,(H,21,22,24). The highest BCUT2D eigenvalue weighted by Crippen LogP contribution is 2.25. The third kappa shape index (κ3) is 2.92. The van der Waals surface area contributed by atoms with Crippen molar-refractivity contribution in [3.05, 3.63) is 71.5 Å². The number of hydrogen-bond acceptors (Lipinski definition) is 4. The smallest absolute Gasteiger partial charge is 0.170 e. The Morgan fingerprint density at radius 1 is 1.08 bits per heavy atom. The zero-order valence-corrected chi connectivity index (χ0v) is 14.0. The van der Waals surface area contributed by atoms with Gasteiger partial charge in [-0.25, -0.2) is 19.3 Å². The summed E-state index contributed by atoms with van der Waals surface area (Å²) in [6, 6.07) is 12.2. The highest BCUT2D eigenvalue weighted by atomic mass is 35.5. The fourth-order valence-corrected chi connectivity index (χ4v) is 2.78. The van der Waals surface area contributed by atoms with Crippen LogP contribution in [0.4, 0.5) is 15.9 Å². The molecule has 2 aromatic carbocycles. The van der Waals surface area contributed by atoms with E-state index in [1.165, 1.54) is 12.4 Å². The highest BCUT2D eigenvalue weighted by molar-refractivity contribution is 6.30. The van der Waals surface area contributed by atoms with Crippen molar-refractivity contribution in [2.45, 2.75) is 6.92 Å². The molecule has 0 aliphatic carbocycles. The minimum Gasteiger partial charge on any atom is -0.338 e. The Hall–Kier alpha value is -2.99. The van der Waals surface area contributed by atoms with Crippen LogP contribution in [0.15, 0.2) is 55.1 Å². The Morgan fingerprint density at radius 3 is 2.76 bits per heavy atom. The average Bonchev–Trinajstić information content (AvgIpc) is 3.03. The van der Waals surface area contributed by atoms with E-state index in [9.17, 15) is 4.39 Å². The molecule has 0 aliphatic rings. The zero-order chi connectivity index (χ0) is 17.4. The summed E-state index contributed by atoms with van der Waals surface area (Å²) >= 11 is 6.07. The predicted molar refractivity (Wildman–Crippen MR) is 96.1 cm³/mol. The summed E-state index contributed by atoms with van der Waals surface area (Å²) in [6.07, 6.45) is 3.13. The summed E-state index contributed by atoms with van der Waals surface area (Å²) in [5.41, 5.74) is 3.41. The molecular formula is C18H13ClFN5. The van der Waals surface area contributed by atoms with Crippen LogP contribution in [-0.2, 0) is 0 Å². The summed E-state index contributed by atoms with van der Waals surface area (Å²) in [7, 11) is 0. The summed E-state index contributed by atoms with van der Waals surface area (Å²) < 4.78 is 15.3. The number of benzene rings is 2. The van der Waals surface area contributed by atoms with Crippen molar-refractivity contribution in [1.82, 2.24) is 19.5 Å². The Bertz CT molecular complexity index is 1080. The molecule has 0 saturated carbocycles. The van der Waals surface area contributed by atoms with E-state index in [4.69, 9.17) is 11.6 Å². The second-order valence-corrected chi connectivity index (χ2v) is 6.01. The predicted octanol–water partition coefficient (Wildman–Crippen LogP) is 4.66. The molecule has 0 aliphatic heterocycles. The van der Waals surface area contributed by atoms with Gasteiger partial charge in [-0.1, -0.05) is 17.7 Å². The number of fused-ring (bicyclic) bond motifs is 1. The van der Waals surface area contributed by atoms with E-state index >= 15 is 0 Å². The largest absolute Gasteiger partial charge is 0.338 e. The van der Waals surface area contributed by atoms with Gasteiger partial charge in [0.15, 0.2) is 17.0 Å². The molecule has 124 valence electrons. The molecule has 0 spiro atoms. The summed E-state index contributed by atoms with van der Waals surface area (Å²) in [4.78, 5) is 13.0. The number of aromatic nitrogens is 4. The number of halogens is 2. The molecule has 0 saturated heterocycles. The van der Waals surface area contributed by atoms with Gasteiger partial charge < -0.3 is 5.32 Å². The number of anilines is 2. The number of nitrogens with zero attached hydrogens (tertiary/aromatic N) is 4. The summed E-state index contributed by atoms with van der Waals surface area (Å²) in [6.45, 7) is 1.71. The molecule has 0 fully saturated rings. The molecule has 2 heterocycles. The van der Waals surface area contributed by atoms with Gasteiger partial charge in [0.05, 0.1) is 5.69 Å². The van der Waals surface area contributed by atoms with Crippen LogP contribution in [0.1, 0.15) is 5.56 Å². The van der Waals surface area contributed by atoms with Gasteiger partial charge in [-0.2, -0.15) is 0 Å². The number of aryl methyl sites for hydroxylation is 1. The van der Waals surface area contributed by atoms with Gasteiger partial charge in [0.25, 0.3) is 0 Å². The number of hydrogen-bond donors (Lipinski definition) is 1. The molecule has 0 unspecified atom stereocenters. The van der Waals surface area contributed by atoms with E-state index in [1.807, 2.05) is 28.8 Å². The maximum absolute atomic E-state index is 13.4. The minimum absolute atomic E-state index is 0.247. The monoisotopic (exact) mass is 353 g/mol. The van der Waals surface area contributed by atoms with Crippen molar-refractivity contribution in [1.29, 1.82) is 0 Å². The molecule has 25 heavy (non-hydrogen) atoms. The van der Waals surface area contributed by atoms with Crippen molar-refractivity contribution >= 4 is 34.3 Å². The third-order valence-corrected chi connectivity index (χ3v) is 4.08. The van der Waals surface area contributed by atoms with Gasteiger partial charge in [0.1, 0.15) is 18.5 Å². The van der Waals surface area contributed by atoms with Gasteiger partial charge >= 0.3 is 0 Å². The van der Waals surface area contributed by atoms with E-state index in [2.05, 4.69) is 20.3 Å². The Labute approximate surface area is 148 Å². The zero-order valence-electron chi connectivity index (χ0n) is 13.2. The quantitative estimate of drug-likeness (QED) is 0.582. The van der Waals surface area contributed by atoms with E-state index in [0.29, 0.717) is 27.6 Å². The van der Waals surface area contributed by atoms with E-state index in [-0.39, 0.29) is 5.82 Å². The molecule has 0 radical (unpaired) electrons. The van der Waals surface area contributed by atoms with Crippen LogP contribution >= 0.6 is 11.6 Å². The SMILES string of the molecule is Cc1cc(Nc2ncnc3c2ncn3-c2cccc(Cl)c2)ccc1F. The maximum atomic E-state index is 13.4. The molecule has 5 nitrogen and oxygen atoms in total. The van der Waals surface area contributed by atoms with Gasteiger partial charge in [0, 0.05) is 10.7 Å². The van der Waals surface area contributed by atoms with Gasteiger partial charge in [-0.05, 0) is 48.9 Å². The molecule has 4 rings (SSSR count). The third-order valence-electron chi connectivity index (χ3n) is 3.84. The van der Waals surface area contributed by atoms with Crippen molar-refractivity contribution in [3.8, 4) is 5.69 Å². The lowest BCUT2D eigenvalue weighted by atomic mass is 10.2. The van der Waals surface area contributed by atoms with E-state index in [1.54, 1.807) is 25.4 Å². The fraction of sp³-hybridized carbons (Fsp3) is 0.0556. The van der Waals surface area contributed by atoms with E-state index < -0.39 is 0 Å². The van der Waals surface area contributed by atoms with Crippen LogP contribution in [0.25, 0.3) is 16.9 Å². The molecule has 4 aromatic rings. The summed E-state index contributed by atoms with van der Waals surface area (Å²) in [5.74, 6) is 0.306. The number of rotatable bonds is 3. The molecular weight excluding hydrogens is 341 g/mol. The van der Waals surface area contributed by atoms with Crippen LogP contribution in [-0.4, -0.2) is 19.5 Å². The van der Waals surface area contributed by atoms with Crippen LogP contribution in [0, 0.1) is 12.7 Å². The first-order valence-electron chi connectivity index (χ1n) is 7.59. The number of imidazole rings is 1. The molecule has 1 N–H and O–H groups in total. The van der Waals surface area contributed by atoms with Gasteiger partial charge in [0.2, 0.25) is 0 Å². The first kappa shape index (κ1) is 15.5. The fourth-order valence-electron chi connectivity index (χ4n) is 2.60. The van der Waals surface area contributed by atoms with Crippen LogP contribution in [0.2, 0.25) is 5.02 Å². The van der Waals surface area contributed by atoms with Crippen LogP contribution in [0.3, 0.4) is 0 Å².